The lowest BCUT2D eigenvalue weighted by Crippen LogP contribution is -2.38. The van der Waals surface area contributed by atoms with E-state index in [4.69, 9.17) is 12.2 Å². The number of nitrogens with one attached hydrogen (secondary N) is 1. The highest BCUT2D eigenvalue weighted by Gasteiger charge is 2.23. The molecule has 5 heteroatoms. The Morgan fingerprint density at radius 3 is 2.15 bits per heavy atom. The second-order valence-corrected chi connectivity index (χ2v) is 6.73. The van der Waals surface area contributed by atoms with Gasteiger partial charge in [0, 0.05) is 23.4 Å². The minimum Gasteiger partial charge on any atom is -0.502 e. The molecule has 27 heavy (non-hydrogen) atoms. The first-order valence-electron chi connectivity index (χ1n) is 8.49. The van der Waals surface area contributed by atoms with Crippen LogP contribution in [-0.2, 0) is 0 Å². The Kier molecular flexibility index (Phi) is 5.62. The average molecular weight is 379 g/mol. The number of halogens is 1. The zero-order valence-corrected chi connectivity index (χ0v) is 15.9. The van der Waals surface area contributed by atoms with Gasteiger partial charge in [0.25, 0.3) is 5.70 Å². The van der Waals surface area contributed by atoms with Gasteiger partial charge in [-0.2, -0.15) is 4.57 Å². The number of thiocarbonyl (C=S) groups is 1. The zero-order chi connectivity index (χ0) is 19.4. The van der Waals surface area contributed by atoms with Crippen LogP contribution >= 0.6 is 12.2 Å². The molecule has 0 atom stereocenters. The predicted octanol–water partition coefficient (Wildman–Crippen LogP) is 5.05. The van der Waals surface area contributed by atoms with Crippen LogP contribution in [0.1, 0.15) is 16.7 Å². The van der Waals surface area contributed by atoms with Crippen molar-refractivity contribution in [3.63, 3.8) is 0 Å². The normalized spacial score (nSPS) is 11.7. The smallest absolute Gasteiger partial charge is 0.288 e. The Morgan fingerprint density at radius 1 is 0.963 bits per heavy atom. The van der Waals surface area contributed by atoms with Gasteiger partial charge in [-0.3, -0.25) is 0 Å². The van der Waals surface area contributed by atoms with Crippen molar-refractivity contribution in [2.24, 2.45) is 0 Å². The van der Waals surface area contributed by atoms with E-state index in [1.54, 1.807) is 17.0 Å². The number of hydrogen-bond acceptors (Lipinski definition) is 2. The number of aliphatic hydroxyl groups is 1. The molecule has 0 radical (unpaired) electrons. The van der Waals surface area contributed by atoms with E-state index in [-0.39, 0.29) is 11.6 Å². The number of aryl methyl sites for hydroxylation is 2. The third-order valence-corrected chi connectivity index (χ3v) is 4.31. The third-order valence-electron chi connectivity index (χ3n) is 4.01. The van der Waals surface area contributed by atoms with Crippen molar-refractivity contribution in [1.82, 2.24) is 0 Å². The van der Waals surface area contributed by atoms with Crippen LogP contribution in [0.5, 0.6) is 0 Å². The van der Waals surface area contributed by atoms with Crippen molar-refractivity contribution in [3.05, 3.63) is 95.6 Å². The highest BCUT2D eigenvalue weighted by molar-refractivity contribution is 7.81. The number of pyridine rings is 1. The van der Waals surface area contributed by atoms with Crippen LogP contribution in [0.3, 0.4) is 0 Å². The number of nitrogens with zero attached hydrogens (tertiary/aromatic N) is 1. The van der Waals surface area contributed by atoms with Crippen LogP contribution in [0.15, 0.2) is 73.1 Å². The molecule has 3 nitrogen and oxygen atoms in total. The van der Waals surface area contributed by atoms with Gasteiger partial charge >= 0.3 is 0 Å². The summed E-state index contributed by atoms with van der Waals surface area (Å²) >= 11 is 5.60. The molecule has 0 saturated carbocycles. The molecule has 0 bridgehead atoms. The summed E-state index contributed by atoms with van der Waals surface area (Å²) in [6, 6.07) is 17.3. The van der Waals surface area contributed by atoms with Gasteiger partial charge in [0.05, 0.1) is 0 Å². The number of anilines is 1. The Labute approximate surface area is 163 Å². The van der Waals surface area contributed by atoms with Crippen molar-refractivity contribution in [2.75, 3.05) is 5.32 Å². The van der Waals surface area contributed by atoms with Crippen LogP contribution in [0, 0.1) is 19.7 Å². The van der Waals surface area contributed by atoms with Gasteiger partial charge in [-0.25, -0.2) is 4.39 Å². The van der Waals surface area contributed by atoms with Gasteiger partial charge in [-0.05, 0) is 61.4 Å². The summed E-state index contributed by atoms with van der Waals surface area (Å²) in [6.07, 6.45) is 3.59. The standard InChI is InChI=1S/C22H19FN2OS/c1-15-12-16(2)14-19(13-15)24-22(27)20(25-10-4-3-5-11-25)21(26)17-6-8-18(23)9-7-17/h3-14H,1-2H3,(H-,24,26,27)/p+1. The quantitative estimate of drug-likeness (QED) is 0.288. The Hall–Kier alpha value is -3.05. The lowest BCUT2D eigenvalue weighted by Gasteiger charge is -2.11. The summed E-state index contributed by atoms with van der Waals surface area (Å²) in [5, 5.41) is 14.1. The molecule has 1 aromatic heterocycles. The van der Waals surface area contributed by atoms with Crippen molar-refractivity contribution >= 4 is 34.3 Å². The minimum atomic E-state index is -0.364. The second-order valence-electron chi connectivity index (χ2n) is 6.32. The van der Waals surface area contributed by atoms with E-state index in [0.29, 0.717) is 16.2 Å². The Balaban J connectivity index is 2.05. The number of hydrogen-bond donors (Lipinski definition) is 2. The summed E-state index contributed by atoms with van der Waals surface area (Å²) < 4.78 is 15.0. The van der Waals surface area contributed by atoms with Gasteiger partial charge in [0.1, 0.15) is 5.82 Å². The summed E-state index contributed by atoms with van der Waals surface area (Å²) in [4.78, 5) is 0.359. The molecule has 0 unspecified atom stereocenters. The van der Waals surface area contributed by atoms with E-state index in [1.165, 1.54) is 24.3 Å². The molecule has 0 amide bonds. The maximum Gasteiger partial charge on any atom is 0.288 e. The molecular formula is C22H20FN2OS+. The van der Waals surface area contributed by atoms with Gasteiger partial charge in [0.15, 0.2) is 23.1 Å². The minimum absolute atomic E-state index is 0.0342. The first-order valence-corrected chi connectivity index (χ1v) is 8.90. The summed E-state index contributed by atoms with van der Waals surface area (Å²) in [7, 11) is 0. The monoisotopic (exact) mass is 379 g/mol. The molecule has 3 aromatic rings. The van der Waals surface area contributed by atoms with E-state index >= 15 is 0 Å². The summed E-state index contributed by atoms with van der Waals surface area (Å²) in [5.41, 5.74) is 3.96. The molecule has 3 rings (SSSR count). The highest BCUT2D eigenvalue weighted by atomic mass is 32.1. The SMILES string of the molecule is Cc1cc(C)cc(NC(=S)C(=C(O)c2ccc(F)cc2)[n+]2ccccc2)c1. The molecule has 0 fully saturated rings. The van der Waals surface area contributed by atoms with Crippen LogP contribution < -0.4 is 9.88 Å². The molecule has 0 aliphatic carbocycles. The van der Waals surface area contributed by atoms with Gasteiger partial charge < -0.3 is 10.4 Å². The molecular weight excluding hydrogens is 359 g/mol. The first kappa shape index (κ1) is 18.7. The number of rotatable bonds is 4. The van der Waals surface area contributed by atoms with Crippen molar-refractivity contribution in [3.8, 4) is 0 Å². The summed E-state index contributed by atoms with van der Waals surface area (Å²) in [6.45, 7) is 4.03. The van der Waals surface area contributed by atoms with Gasteiger partial charge in [-0.15, -0.1) is 0 Å². The largest absolute Gasteiger partial charge is 0.502 e. The first-order chi connectivity index (χ1) is 12.9. The third kappa shape index (κ3) is 4.57. The number of benzene rings is 2. The maximum absolute atomic E-state index is 13.3. The average Bonchev–Trinajstić information content (AvgIpc) is 2.62. The van der Waals surface area contributed by atoms with Crippen LogP contribution in [0.4, 0.5) is 10.1 Å². The molecule has 0 saturated heterocycles. The fraction of sp³-hybridized carbons (Fsp3) is 0.0909. The van der Waals surface area contributed by atoms with E-state index in [2.05, 4.69) is 11.4 Å². The van der Waals surface area contributed by atoms with E-state index in [0.717, 1.165) is 16.8 Å². The number of aromatic nitrogens is 1. The fourth-order valence-electron chi connectivity index (χ4n) is 2.88. The van der Waals surface area contributed by atoms with E-state index in [9.17, 15) is 9.50 Å². The molecule has 0 aliphatic rings. The highest BCUT2D eigenvalue weighted by Crippen LogP contribution is 2.20. The topological polar surface area (TPSA) is 36.1 Å². The Morgan fingerprint density at radius 2 is 1.56 bits per heavy atom. The molecule has 136 valence electrons. The van der Waals surface area contributed by atoms with Crippen molar-refractivity contribution < 1.29 is 14.1 Å². The van der Waals surface area contributed by atoms with E-state index in [1.807, 2.05) is 44.2 Å². The Bertz CT molecular complexity index is 978. The van der Waals surface area contributed by atoms with Crippen LogP contribution in [0.2, 0.25) is 0 Å². The lowest BCUT2D eigenvalue weighted by molar-refractivity contribution is -0.575. The van der Waals surface area contributed by atoms with E-state index < -0.39 is 0 Å². The molecule has 0 aliphatic heterocycles. The molecule has 2 aromatic carbocycles. The summed E-state index contributed by atoms with van der Waals surface area (Å²) in [5.74, 6) is -0.399. The molecule has 1 heterocycles. The zero-order valence-electron chi connectivity index (χ0n) is 15.1. The maximum atomic E-state index is 13.3. The fourth-order valence-corrected chi connectivity index (χ4v) is 3.20. The number of aliphatic hydroxyl groups excluding tert-OH is 1. The van der Waals surface area contributed by atoms with Crippen LogP contribution in [-0.4, -0.2) is 10.1 Å². The van der Waals surface area contributed by atoms with Crippen molar-refractivity contribution in [1.29, 1.82) is 0 Å². The molecule has 2 N–H and O–H groups in total. The van der Waals surface area contributed by atoms with Crippen LogP contribution in [0.25, 0.3) is 11.5 Å². The van der Waals surface area contributed by atoms with Gasteiger partial charge in [-0.1, -0.05) is 24.4 Å². The van der Waals surface area contributed by atoms with Crippen molar-refractivity contribution in [2.45, 2.75) is 13.8 Å². The molecule has 0 spiro atoms. The lowest BCUT2D eigenvalue weighted by atomic mass is 10.1. The van der Waals surface area contributed by atoms with Gasteiger partial charge in [0.2, 0.25) is 0 Å². The second kappa shape index (κ2) is 8.10. The predicted molar refractivity (Wildman–Crippen MR) is 111 cm³/mol.